The normalized spacial score (nSPS) is 18.1. The molecule has 2 amide bonds. The van der Waals surface area contributed by atoms with Gasteiger partial charge in [0.25, 0.3) is 0 Å². The first-order valence-electron chi connectivity index (χ1n) is 7.86. The molecular weight excluding hydrogens is 254 g/mol. The smallest absolute Gasteiger partial charge is 0.317 e. The van der Waals surface area contributed by atoms with Crippen LogP contribution in [-0.4, -0.2) is 65.3 Å². The van der Waals surface area contributed by atoms with Gasteiger partial charge in [-0.05, 0) is 46.6 Å². The van der Waals surface area contributed by atoms with Crippen molar-refractivity contribution >= 4 is 6.03 Å². The summed E-state index contributed by atoms with van der Waals surface area (Å²) in [7, 11) is 0. The molecule has 0 spiro atoms. The molecule has 5 nitrogen and oxygen atoms in total. The zero-order chi connectivity index (χ0) is 15.2. The summed E-state index contributed by atoms with van der Waals surface area (Å²) in [6.45, 7) is 11.9. The van der Waals surface area contributed by atoms with Crippen molar-refractivity contribution in [3.63, 3.8) is 0 Å². The van der Waals surface area contributed by atoms with Crippen molar-refractivity contribution in [3.05, 3.63) is 0 Å². The Hall–Kier alpha value is -0.810. The number of rotatable bonds is 6. The van der Waals surface area contributed by atoms with Gasteiger partial charge in [0, 0.05) is 25.7 Å². The first kappa shape index (κ1) is 17.2. The molecule has 20 heavy (non-hydrogen) atoms. The first-order chi connectivity index (χ1) is 9.35. The summed E-state index contributed by atoms with van der Waals surface area (Å²) < 4.78 is 0. The van der Waals surface area contributed by atoms with Crippen LogP contribution in [0.3, 0.4) is 0 Å². The summed E-state index contributed by atoms with van der Waals surface area (Å²) in [5, 5.41) is 12.9. The predicted octanol–water partition coefficient (Wildman–Crippen LogP) is 1.66. The van der Waals surface area contributed by atoms with Crippen molar-refractivity contribution in [1.82, 2.24) is 15.1 Å². The summed E-state index contributed by atoms with van der Waals surface area (Å²) in [6, 6.07) is 0.218. The summed E-state index contributed by atoms with van der Waals surface area (Å²) >= 11 is 0. The number of nitrogens with one attached hydrogen (secondary N) is 1. The van der Waals surface area contributed by atoms with Gasteiger partial charge in [0.2, 0.25) is 0 Å². The number of amides is 2. The fraction of sp³-hybridized carbons (Fsp3) is 0.933. The monoisotopic (exact) mass is 285 g/mol. The van der Waals surface area contributed by atoms with Crippen molar-refractivity contribution in [2.45, 2.75) is 58.6 Å². The Kier molecular flexibility index (Phi) is 6.76. The predicted molar refractivity (Wildman–Crippen MR) is 81.8 cm³/mol. The molecule has 5 heteroatoms. The van der Waals surface area contributed by atoms with Crippen molar-refractivity contribution in [1.29, 1.82) is 0 Å². The summed E-state index contributed by atoms with van der Waals surface area (Å²) in [5.41, 5.74) is -0.849. The van der Waals surface area contributed by atoms with Gasteiger partial charge in [-0.2, -0.15) is 0 Å². The van der Waals surface area contributed by atoms with Crippen LogP contribution in [0.25, 0.3) is 0 Å². The Labute approximate surface area is 123 Å². The Bertz CT molecular complexity index is 294. The van der Waals surface area contributed by atoms with Gasteiger partial charge in [-0.1, -0.05) is 6.92 Å². The maximum Gasteiger partial charge on any atom is 0.317 e. The van der Waals surface area contributed by atoms with E-state index in [4.69, 9.17) is 0 Å². The standard InChI is InChI=1S/C15H31N3O2/c1-5-9-17-10-7-13(8-11-17)16-14(19)18(6-2)12-15(3,4)20/h13,20H,5-12H2,1-4H3,(H,16,19). The van der Waals surface area contributed by atoms with E-state index in [0.29, 0.717) is 13.1 Å². The maximum atomic E-state index is 12.2. The summed E-state index contributed by atoms with van der Waals surface area (Å²) in [6.07, 6.45) is 3.23. The molecule has 1 aliphatic rings. The number of likely N-dealkylation sites (tertiary alicyclic amines) is 1. The van der Waals surface area contributed by atoms with Crippen LogP contribution in [0.1, 0.15) is 47.0 Å². The van der Waals surface area contributed by atoms with Crippen molar-refractivity contribution in [2.75, 3.05) is 32.7 Å². The third-order valence-corrected chi connectivity index (χ3v) is 3.70. The Morgan fingerprint density at radius 1 is 1.35 bits per heavy atom. The van der Waals surface area contributed by atoms with E-state index >= 15 is 0 Å². The van der Waals surface area contributed by atoms with Crippen LogP contribution in [0.5, 0.6) is 0 Å². The Balaban J connectivity index is 2.38. The SMILES string of the molecule is CCCN1CCC(NC(=O)N(CC)CC(C)(C)O)CC1. The van der Waals surface area contributed by atoms with Gasteiger partial charge >= 0.3 is 6.03 Å². The largest absolute Gasteiger partial charge is 0.389 e. The molecule has 0 bridgehead atoms. The molecule has 1 saturated heterocycles. The Morgan fingerprint density at radius 2 is 1.95 bits per heavy atom. The lowest BCUT2D eigenvalue weighted by Crippen LogP contribution is -2.52. The first-order valence-corrected chi connectivity index (χ1v) is 7.86. The number of urea groups is 1. The Morgan fingerprint density at radius 3 is 2.40 bits per heavy atom. The van der Waals surface area contributed by atoms with Gasteiger partial charge in [-0.25, -0.2) is 4.79 Å². The minimum Gasteiger partial charge on any atom is -0.389 e. The number of carbonyl (C=O) groups is 1. The average Bonchev–Trinajstić information content (AvgIpc) is 2.37. The second-order valence-corrected chi connectivity index (χ2v) is 6.39. The van der Waals surface area contributed by atoms with Crippen LogP contribution in [-0.2, 0) is 0 Å². The van der Waals surface area contributed by atoms with E-state index in [0.717, 1.165) is 32.5 Å². The van der Waals surface area contributed by atoms with Crippen molar-refractivity contribution < 1.29 is 9.90 Å². The highest BCUT2D eigenvalue weighted by Gasteiger charge is 2.25. The van der Waals surface area contributed by atoms with Crippen LogP contribution in [0.4, 0.5) is 4.79 Å². The molecule has 0 aromatic rings. The van der Waals surface area contributed by atoms with Crippen molar-refractivity contribution in [2.24, 2.45) is 0 Å². The van der Waals surface area contributed by atoms with Crippen LogP contribution in [0, 0.1) is 0 Å². The average molecular weight is 285 g/mol. The van der Waals surface area contributed by atoms with Crippen LogP contribution >= 0.6 is 0 Å². The second-order valence-electron chi connectivity index (χ2n) is 6.39. The lowest BCUT2D eigenvalue weighted by molar-refractivity contribution is 0.0470. The highest BCUT2D eigenvalue weighted by atomic mass is 16.3. The second kappa shape index (κ2) is 7.84. The molecule has 0 aromatic heterocycles. The fourth-order valence-electron chi connectivity index (χ4n) is 2.68. The number of likely N-dealkylation sites (N-methyl/N-ethyl adjacent to an activating group) is 1. The molecule has 2 N–H and O–H groups in total. The number of nitrogens with zero attached hydrogens (tertiary/aromatic N) is 2. The van der Waals surface area contributed by atoms with E-state index in [1.54, 1.807) is 18.7 Å². The minimum absolute atomic E-state index is 0.0523. The lowest BCUT2D eigenvalue weighted by atomic mass is 10.0. The molecule has 0 aromatic carbocycles. The molecule has 0 atom stereocenters. The number of hydrogen-bond acceptors (Lipinski definition) is 3. The van der Waals surface area contributed by atoms with Gasteiger partial charge in [0.1, 0.15) is 0 Å². The maximum absolute atomic E-state index is 12.2. The molecule has 1 rings (SSSR count). The van der Waals surface area contributed by atoms with Gasteiger partial charge in [-0.15, -0.1) is 0 Å². The third kappa shape index (κ3) is 6.09. The van der Waals surface area contributed by atoms with E-state index < -0.39 is 5.60 Å². The molecule has 0 saturated carbocycles. The number of hydrogen-bond donors (Lipinski definition) is 2. The van der Waals surface area contributed by atoms with Gasteiger partial charge < -0.3 is 20.2 Å². The lowest BCUT2D eigenvalue weighted by Gasteiger charge is -2.34. The topological polar surface area (TPSA) is 55.8 Å². The molecule has 1 heterocycles. The van der Waals surface area contributed by atoms with E-state index in [9.17, 15) is 9.90 Å². The molecule has 1 aliphatic heterocycles. The van der Waals surface area contributed by atoms with Gasteiger partial charge in [-0.3, -0.25) is 0 Å². The van der Waals surface area contributed by atoms with E-state index in [1.165, 1.54) is 6.42 Å². The summed E-state index contributed by atoms with van der Waals surface area (Å²) in [5.74, 6) is 0. The van der Waals surface area contributed by atoms with E-state index in [-0.39, 0.29) is 12.1 Å². The number of carbonyl (C=O) groups excluding carboxylic acids is 1. The number of aliphatic hydroxyl groups is 1. The van der Waals surface area contributed by atoms with Crippen LogP contribution in [0.2, 0.25) is 0 Å². The highest BCUT2D eigenvalue weighted by molar-refractivity contribution is 5.74. The highest BCUT2D eigenvalue weighted by Crippen LogP contribution is 2.12. The van der Waals surface area contributed by atoms with Gasteiger partial charge in [0.05, 0.1) is 12.1 Å². The molecule has 0 unspecified atom stereocenters. The quantitative estimate of drug-likeness (QED) is 0.780. The van der Waals surface area contributed by atoms with Crippen LogP contribution < -0.4 is 5.32 Å². The third-order valence-electron chi connectivity index (χ3n) is 3.70. The molecule has 118 valence electrons. The van der Waals surface area contributed by atoms with E-state index in [1.807, 2.05) is 6.92 Å². The summed E-state index contributed by atoms with van der Waals surface area (Å²) in [4.78, 5) is 16.4. The number of piperidine rings is 1. The minimum atomic E-state index is -0.849. The zero-order valence-corrected chi connectivity index (χ0v) is 13.5. The molecule has 0 radical (unpaired) electrons. The molecule has 0 aliphatic carbocycles. The van der Waals surface area contributed by atoms with Crippen LogP contribution in [0.15, 0.2) is 0 Å². The van der Waals surface area contributed by atoms with Gasteiger partial charge in [0.15, 0.2) is 0 Å². The zero-order valence-electron chi connectivity index (χ0n) is 13.5. The van der Waals surface area contributed by atoms with Crippen molar-refractivity contribution in [3.8, 4) is 0 Å². The molecule has 1 fully saturated rings. The van der Waals surface area contributed by atoms with E-state index in [2.05, 4.69) is 17.1 Å². The fourth-order valence-corrected chi connectivity index (χ4v) is 2.68. The molecular formula is C15H31N3O2.